The molecule has 5 nitrogen and oxygen atoms in total. The second kappa shape index (κ2) is 9.49. The van der Waals surface area contributed by atoms with Crippen molar-refractivity contribution in [1.82, 2.24) is 9.88 Å². The van der Waals surface area contributed by atoms with Gasteiger partial charge in [0.05, 0.1) is 0 Å². The van der Waals surface area contributed by atoms with Crippen molar-refractivity contribution < 1.29 is 9.21 Å². The molecule has 33 heavy (non-hydrogen) atoms. The first-order chi connectivity index (χ1) is 16.1. The summed E-state index contributed by atoms with van der Waals surface area (Å²) in [6, 6.07) is 21.7. The molecule has 1 aromatic heterocycles. The van der Waals surface area contributed by atoms with Crippen LogP contribution in [0.5, 0.6) is 0 Å². The lowest BCUT2D eigenvalue weighted by atomic mass is 10.1. The number of carbonyl (C=O) groups excluding carboxylic acids is 1. The van der Waals surface area contributed by atoms with Crippen molar-refractivity contribution in [2.24, 2.45) is 0 Å². The van der Waals surface area contributed by atoms with Crippen molar-refractivity contribution in [2.45, 2.75) is 17.9 Å². The fourth-order valence-corrected chi connectivity index (χ4v) is 5.05. The molecule has 0 saturated carbocycles. The van der Waals surface area contributed by atoms with Crippen LogP contribution < -0.4 is 4.90 Å². The van der Waals surface area contributed by atoms with Crippen molar-refractivity contribution in [3.63, 3.8) is 0 Å². The molecule has 0 spiro atoms. The standard InChI is InChI=1S/C26H24ClN3O2S/c1-18-5-2-10-23-24(18)28-26(32-23)33-17-19-6-3-7-20(15-19)25(31)30-13-11-29(12-14-30)22-9-4-8-21(27)16-22/h2-10,15-16H,11-14,17H2,1H3. The van der Waals surface area contributed by atoms with Gasteiger partial charge in [-0.05, 0) is 54.4 Å². The smallest absolute Gasteiger partial charge is 0.257 e. The summed E-state index contributed by atoms with van der Waals surface area (Å²) >= 11 is 7.67. The summed E-state index contributed by atoms with van der Waals surface area (Å²) in [6.45, 7) is 4.99. The molecule has 0 radical (unpaired) electrons. The van der Waals surface area contributed by atoms with Crippen LogP contribution in [0.15, 0.2) is 76.4 Å². The van der Waals surface area contributed by atoms with Gasteiger partial charge in [-0.25, -0.2) is 4.98 Å². The molecule has 0 aliphatic carbocycles. The van der Waals surface area contributed by atoms with Crippen LogP contribution in [0.4, 0.5) is 5.69 Å². The summed E-state index contributed by atoms with van der Waals surface area (Å²) in [4.78, 5) is 21.9. The first-order valence-corrected chi connectivity index (χ1v) is 12.3. The highest BCUT2D eigenvalue weighted by Crippen LogP contribution is 2.28. The molecular formula is C26H24ClN3O2S. The number of fused-ring (bicyclic) bond motifs is 1. The van der Waals surface area contributed by atoms with Gasteiger partial charge in [-0.1, -0.05) is 53.7 Å². The number of oxazole rings is 1. The molecule has 5 rings (SSSR count). The number of piperazine rings is 1. The predicted molar refractivity (Wildman–Crippen MR) is 134 cm³/mol. The van der Waals surface area contributed by atoms with Gasteiger partial charge in [-0.2, -0.15) is 0 Å². The van der Waals surface area contributed by atoms with Crippen LogP contribution in [-0.4, -0.2) is 42.0 Å². The third-order valence-corrected chi connectivity index (χ3v) is 7.01. The Labute approximate surface area is 202 Å². The summed E-state index contributed by atoms with van der Waals surface area (Å²) in [5.74, 6) is 0.764. The summed E-state index contributed by atoms with van der Waals surface area (Å²) in [5.41, 5.74) is 5.70. The molecule has 4 aromatic rings. The van der Waals surface area contributed by atoms with Gasteiger partial charge < -0.3 is 14.2 Å². The van der Waals surface area contributed by atoms with Gasteiger partial charge in [0.2, 0.25) is 0 Å². The molecule has 1 aliphatic rings. The van der Waals surface area contributed by atoms with E-state index < -0.39 is 0 Å². The van der Waals surface area contributed by atoms with E-state index in [9.17, 15) is 4.79 Å². The van der Waals surface area contributed by atoms with E-state index in [2.05, 4.69) is 16.0 Å². The van der Waals surface area contributed by atoms with Crippen LogP contribution in [0.3, 0.4) is 0 Å². The lowest BCUT2D eigenvalue weighted by Gasteiger charge is -2.36. The monoisotopic (exact) mass is 477 g/mol. The first-order valence-electron chi connectivity index (χ1n) is 10.9. The maximum absolute atomic E-state index is 13.1. The molecule has 168 valence electrons. The Morgan fingerprint density at radius 3 is 2.61 bits per heavy atom. The number of nitrogens with zero attached hydrogens (tertiary/aromatic N) is 3. The molecular weight excluding hydrogens is 454 g/mol. The minimum Gasteiger partial charge on any atom is -0.431 e. The van der Waals surface area contributed by atoms with Crippen molar-refractivity contribution in [2.75, 3.05) is 31.1 Å². The lowest BCUT2D eigenvalue weighted by Crippen LogP contribution is -2.48. The molecule has 1 fully saturated rings. The Bertz CT molecular complexity index is 1300. The first kappa shape index (κ1) is 21.9. The highest BCUT2D eigenvalue weighted by Gasteiger charge is 2.22. The number of halogens is 1. The Morgan fingerprint density at radius 1 is 1.03 bits per heavy atom. The van der Waals surface area contributed by atoms with E-state index in [4.69, 9.17) is 16.0 Å². The molecule has 1 saturated heterocycles. The highest BCUT2D eigenvalue weighted by atomic mass is 35.5. The molecule has 0 unspecified atom stereocenters. The maximum atomic E-state index is 13.1. The zero-order valence-corrected chi connectivity index (χ0v) is 19.9. The van der Waals surface area contributed by atoms with Gasteiger partial charge in [0, 0.05) is 48.2 Å². The number of aryl methyl sites for hydroxylation is 1. The fourth-order valence-electron chi connectivity index (χ4n) is 4.09. The average Bonchev–Trinajstić information content (AvgIpc) is 3.27. The van der Waals surface area contributed by atoms with Gasteiger partial charge in [0.25, 0.3) is 11.1 Å². The maximum Gasteiger partial charge on any atom is 0.257 e. The second-order valence-electron chi connectivity index (χ2n) is 8.15. The molecule has 7 heteroatoms. The Kier molecular flexibility index (Phi) is 6.29. The SMILES string of the molecule is Cc1cccc2oc(SCc3cccc(C(=O)N4CCN(c5cccc(Cl)c5)CC4)c3)nc12. The molecule has 2 heterocycles. The molecule has 1 aliphatic heterocycles. The number of thioether (sulfide) groups is 1. The molecule has 0 N–H and O–H groups in total. The van der Waals surface area contributed by atoms with Gasteiger partial charge in [-0.3, -0.25) is 4.79 Å². The number of rotatable bonds is 5. The summed E-state index contributed by atoms with van der Waals surface area (Å²) < 4.78 is 5.86. The number of para-hydroxylation sites is 1. The third-order valence-electron chi connectivity index (χ3n) is 5.88. The molecule has 3 aromatic carbocycles. The van der Waals surface area contributed by atoms with E-state index in [0.717, 1.165) is 51.6 Å². The minimum absolute atomic E-state index is 0.0741. The number of benzene rings is 3. The van der Waals surface area contributed by atoms with Crippen LogP contribution in [0.2, 0.25) is 5.02 Å². The number of anilines is 1. The Hall–Kier alpha value is -2.96. The number of hydrogen-bond donors (Lipinski definition) is 0. The molecule has 0 atom stereocenters. The minimum atomic E-state index is 0.0741. The van der Waals surface area contributed by atoms with Crippen molar-refractivity contribution in [1.29, 1.82) is 0 Å². The van der Waals surface area contributed by atoms with E-state index in [1.165, 1.54) is 0 Å². The number of hydrogen-bond acceptors (Lipinski definition) is 5. The summed E-state index contributed by atoms with van der Waals surface area (Å²) in [6.07, 6.45) is 0. The Balaban J connectivity index is 1.21. The van der Waals surface area contributed by atoms with E-state index >= 15 is 0 Å². The fraction of sp³-hybridized carbons (Fsp3) is 0.231. The van der Waals surface area contributed by atoms with Crippen molar-refractivity contribution in [3.8, 4) is 0 Å². The van der Waals surface area contributed by atoms with E-state index in [0.29, 0.717) is 24.1 Å². The molecule has 1 amide bonds. The highest BCUT2D eigenvalue weighted by molar-refractivity contribution is 7.98. The summed E-state index contributed by atoms with van der Waals surface area (Å²) in [5, 5.41) is 1.38. The van der Waals surface area contributed by atoms with Crippen LogP contribution >= 0.6 is 23.4 Å². The zero-order valence-electron chi connectivity index (χ0n) is 18.3. The van der Waals surface area contributed by atoms with Crippen LogP contribution in [0.1, 0.15) is 21.5 Å². The van der Waals surface area contributed by atoms with Gasteiger partial charge in [0.15, 0.2) is 5.58 Å². The van der Waals surface area contributed by atoms with Crippen LogP contribution in [0.25, 0.3) is 11.1 Å². The lowest BCUT2D eigenvalue weighted by molar-refractivity contribution is 0.0746. The Morgan fingerprint density at radius 2 is 1.82 bits per heavy atom. The van der Waals surface area contributed by atoms with E-state index in [1.54, 1.807) is 11.8 Å². The quantitative estimate of drug-likeness (QED) is 0.328. The van der Waals surface area contributed by atoms with Crippen LogP contribution in [-0.2, 0) is 5.75 Å². The van der Waals surface area contributed by atoms with E-state index in [1.807, 2.05) is 72.5 Å². The topological polar surface area (TPSA) is 49.6 Å². The normalized spacial score (nSPS) is 14.1. The van der Waals surface area contributed by atoms with Gasteiger partial charge in [0.1, 0.15) is 5.52 Å². The third kappa shape index (κ3) is 4.87. The number of amides is 1. The number of aromatic nitrogens is 1. The predicted octanol–water partition coefficient (Wildman–Crippen LogP) is 6.04. The largest absolute Gasteiger partial charge is 0.431 e. The van der Waals surface area contributed by atoms with Crippen molar-refractivity contribution >= 4 is 46.1 Å². The van der Waals surface area contributed by atoms with Gasteiger partial charge >= 0.3 is 0 Å². The van der Waals surface area contributed by atoms with Gasteiger partial charge in [-0.15, -0.1) is 0 Å². The number of carbonyl (C=O) groups is 1. The average molecular weight is 478 g/mol. The zero-order chi connectivity index (χ0) is 22.8. The van der Waals surface area contributed by atoms with Crippen molar-refractivity contribution in [3.05, 3.63) is 88.4 Å². The van der Waals surface area contributed by atoms with E-state index in [-0.39, 0.29) is 5.91 Å². The summed E-state index contributed by atoms with van der Waals surface area (Å²) in [7, 11) is 0. The molecule has 0 bridgehead atoms. The van der Waals surface area contributed by atoms with Crippen LogP contribution in [0, 0.1) is 6.92 Å². The second-order valence-corrected chi connectivity index (χ2v) is 9.51.